The largest absolute Gasteiger partial charge is 0.394 e. The average molecular weight is 419 g/mol. The van der Waals surface area contributed by atoms with Gasteiger partial charge in [0.1, 0.15) is 0 Å². The second-order valence-corrected chi connectivity index (χ2v) is 7.85. The molecule has 0 atom stereocenters. The van der Waals surface area contributed by atoms with Gasteiger partial charge in [0, 0.05) is 23.3 Å². The number of rotatable bonds is 8. The van der Waals surface area contributed by atoms with Crippen LogP contribution >= 0.6 is 15.9 Å². The van der Waals surface area contributed by atoms with E-state index in [0.717, 1.165) is 41.1 Å². The molecular weight excluding hydrogens is 388 g/mol. The zero-order valence-corrected chi connectivity index (χ0v) is 18.2. The summed E-state index contributed by atoms with van der Waals surface area (Å²) in [5.74, 6) is 1.21. The monoisotopic (exact) mass is 418 g/mol. The lowest BCUT2D eigenvalue weighted by Gasteiger charge is -2.26. The molecule has 5 heteroatoms. The highest BCUT2D eigenvalue weighted by atomic mass is 79.9. The average Bonchev–Trinajstić information content (AvgIpc) is 2.60. The normalized spacial score (nSPS) is 11.0. The molecule has 4 nitrogen and oxygen atoms in total. The number of aromatic nitrogens is 1. The van der Waals surface area contributed by atoms with Crippen LogP contribution in [0.15, 0.2) is 28.7 Å². The van der Waals surface area contributed by atoms with Gasteiger partial charge in [-0.05, 0) is 65.9 Å². The predicted molar refractivity (Wildman–Crippen MR) is 118 cm³/mol. The highest BCUT2D eigenvalue weighted by Crippen LogP contribution is 2.35. The molecule has 2 rings (SSSR count). The van der Waals surface area contributed by atoms with Gasteiger partial charge in [0.05, 0.1) is 17.1 Å². The van der Waals surface area contributed by atoms with Crippen molar-refractivity contribution < 1.29 is 0 Å². The van der Waals surface area contributed by atoms with Crippen LogP contribution in [0.3, 0.4) is 0 Å². The van der Waals surface area contributed by atoms with Gasteiger partial charge >= 0.3 is 0 Å². The maximum Gasteiger partial charge on any atom is 0.156 e. The first-order valence-corrected chi connectivity index (χ1v) is 10.2. The molecule has 0 aliphatic heterocycles. The molecule has 0 amide bonds. The molecule has 0 radical (unpaired) electrons. The molecule has 0 spiro atoms. The van der Waals surface area contributed by atoms with Crippen LogP contribution < -0.4 is 16.0 Å². The lowest BCUT2D eigenvalue weighted by atomic mass is 10.0. The summed E-state index contributed by atoms with van der Waals surface area (Å²) in [6.45, 7) is 12.7. The summed E-state index contributed by atoms with van der Waals surface area (Å²) in [7, 11) is 0. The van der Waals surface area contributed by atoms with Gasteiger partial charge in [0.15, 0.2) is 5.82 Å². The van der Waals surface area contributed by atoms with Gasteiger partial charge < -0.3 is 16.0 Å². The standard InChI is InChI=1S/C21H31BrN4/c1-6-8-11-26(7-2)19-12-15(5)24-21(20(19)23)25-18-10-9-16(14(3)4)13-17(18)22/h9-10,12-14H,6-8,11,23H2,1-5H3,(H,24,25). The third-order valence-corrected chi connectivity index (χ3v) is 5.24. The fraction of sp³-hybridized carbons (Fsp3) is 0.476. The molecule has 0 bridgehead atoms. The Bertz CT molecular complexity index is 743. The highest BCUT2D eigenvalue weighted by molar-refractivity contribution is 9.10. The number of aryl methyl sites for hydroxylation is 1. The maximum atomic E-state index is 6.49. The fourth-order valence-corrected chi connectivity index (χ4v) is 3.44. The first kappa shape index (κ1) is 20.6. The van der Waals surface area contributed by atoms with Crippen LogP contribution in [0.4, 0.5) is 22.9 Å². The van der Waals surface area contributed by atoms with E-state index < -0.39 is 0 Å². The summed E-state index contributed by atoms with van der Waals surface area (Å²) in [6.07, 6.45) is 2.32. The Labute approximate surface area is 166 Å². The Hall–Kier alpha value is -1.75. The molecule has 2 aromatic rings. The summed E-state index contributed by atoms with van der Waals surface area (Å²) in [6, 6.07) is 8.46. The molecule has 0 saturated carbocycles. The number of hydrogen-bond donors (Lipinski definition) is 2. The van der Waals surface area contributed by atoms with Crippen molar-refractivity contribution in [2.45, 2.75) is 53.4 Å². The third-order valence-electron chi connectivity index (χ3n) is 4.58. The summed E-state index contributed by atoms with van der Waals surface area (Å²) in [4.78, 5) is 6.97. The van der Waals surface area contributed by atoms with Gasteiger partial charge in [-0.25, -0.2) is 4.98 Å². The van der Waals surface area contributed by atoms with Crippen LogP contribution in [0.2, 0.25) is 0 Å². The number of nitrogens with two attached hydrogens (primary N) is 1. The molecule has 3 N–H and O–H groups in total. The van der Waals surface area contributed by atoms with Gasteiger partial charge in [0.2, 0.25) is 0 Å². The van der Waals surface area contributed by atoms with Gasteiger partial charge in [-0.15, -0.1) is 0 Å². The van der Waals surface area contributed by atoms with E-state index in [0.29, 0.717) is 17.4 Å². The molecule has 0 aliphatic rings. The van der Waals surface area contributed by atoms with Crippen LogP contribution in [-0.2, 0) is 0 Å². The van der Waals surface area contributed by atoms with E-state index in [1.165, 1.54) is 12.0 Å². The number of hydrogen-bond acceptors (Lipinski definition) is 4. The SMILES string of the molecule is CCCCN(CC)c1cc(C)nc(Nc2ccc(C(C)C)cc2Br)c1N. The molecule has 0 aliphatic carbocycles. The van der Waals surface area contributed by atoms with E-state index in [9.17, 15) is 0 Å². The Morgan fingerprint density at radius 3 is 2.54 bits per heavy atom. The van der Waals surface area contributed by atoms with Crippen molar-refractivity contribution in [2.24, 2.45) is 0 Å². The Kier molecular flexibility index (Phi) is 7.33. The van der Waals surface area contributed by atoms with Crippen molar-refractivity contribution in [3.8, 4) is 0 Å². The van der Waals surface area contributed by atoms with E-state index in [1.807, 2.05) is 6.92 Å². The Balaban J connectivity index is 2.35. The fourth-order valence-electron chi connectivity index (χ4n) is 2.94. The maximum absolute atomic E-state index is 6.49. The quantitative estimate of drug-likeness (QED) is 0.533. The van der Waals surface area contributed by atoms with Crippen molar-refractivity contribution in [3.63, 3.8) is 0 Å². The lowest BCUT2D eigenvalue weighted by molar-refractivity contribution is 0.732. The Morgan fingerprint density at radius 1 is 1.23 bits per heavy atom. The van der Waals surface area contributed by atoms with Gasteiger partial charge in [-0.2, -0.15) is 0 Å². The topological polar surface area (TPSA) is 54.2 Å². The van der Waals surface area contributed by atoms with E-state index in [-0.39, 0.29) is 0 Å². The molecule has 1 heterocycles. The van der Waals surface area contributed by atoms with E-state index in [2.05, 4.69) is 83.1 Å². The number of nitrogens with one attached hydrogen (secondary N) is 1. The summed E-state index contributed by atoms with van der Waals surface area (Å²) >= 11 is 3.67. The molecule has 1 aromatic heterocycles. The van der Waals surface area contributed by atoms with Crippen molar-refractivity contribution in [2.75, 3.05) is 29.0 Å². The number of halogens is 1. The number of pyridine rings is 1. The molecule has 1 aromatic carbocycles. The third kappa shape index (κ3) is 4.91. The lowest BCUT2D eigenvalue weighted by Crippen LogP contribution is -2.25. The van der Waals surface area contributed by atoms with E-state index in [1.54, 1.807) is 0 Å². The second-order valence-electron chi connectivity index (χ2n) is 7.00. The first-order valence-electron chi connectivity index (χ1n) is 9.45. The zero-order chi connectivity index (χ0) is 19.3. The van der Waals surface area contributed by atoms with Crippen LogP contribution in [0.1, 0.15) is 57.7 Å². The van der Waals surface area contributed by atoms with Crippen molar-refractivity contribution in [1.29, 1.82) is 0 Å². The summed E-state index contributed by atoms with van der Waals surface area (Å²) in [5, 5.41) is 3.41. The minimum atomic E-state index is 0.491. The van der Waals surface area contributed by atoms with Crippen LogP contribution in [0.25, 0.3) is 0 Å². The molecular formula is C21H31BrN4. The van der Waals surface area contributed by atoms with Crippen molar-refractivity contribution in [3.05, 3.63) is 40.0 Å². The van der Waals surface area contributed by atoms with Crippen LogP contribution in [0.5, 0.6) is 0 Å². The van der Waals surface area contributed by atoms with Crippen LogP contribution in [-0.4, -0.2) is 18.1 Å². The molecule has 0 saturated heterocycles. The molecule has 0 fully saturated rings. The number of unbranched alkanes of at least 4 members (excludes halogenated alkanes) is 1. The number of benzene rings is 1. The van der Waals surface area contributed by atoms with Gasteiger partial charge in [-0.1, -0.05) is 33.3 Å². The van der Waals surface area contributed by atoms with Crippen molar-refractivity contribution >= 4 is 38.8 Å². The second kappa shape index (κ2) is 9.26. The number of nitrogens with zero attached hydrogens (tertiary/aromatic N) is 2. The highest BCUT2D eigenvalue weighted by Gasteiger charge is 2.15. The van der Waals surface area contributed by atoms with Crippen LogP contribution in [0, 0.1) is 6.92 Å². The summed E-state index contributed by atoms with van der Waals surface area (Å²) < 4.78 is 1.02. The smallest absolute Gasteiger partial charge is 0.156 e. The summed E-state index contributed by atoms with van der Waals surface area (Å²) in [5.41, 5.74) is 11.5. The minimum absolute atomic E-state index is 0.491. The van der Waals surface area contributed by atoms with Gasteiger partial charge in [-0.3, -0.25) is 0 Å². The van der Waals surface area contributed by atoms with E-state index >= 15 is 0 Å². The molecule has 0 unspecified atom stereocenters. The molecule has 26 heavy (non-hydrogen) atoms. The predicted octanol–water partition coefficient (Wildman–Crippen LogP) is 6.23. The Morgan fingerprint density at radius 2 is 1.96 bits per heavy atom. The first-order chi connectivity index (χ1) is 12.4. The van der Waals surface area contributed by atoms with Gasteiger partial charge in [0.25, 0.3) is 0 Å². The molecule has 142 valence electrons. The zero-order valence-electron chi connectivity index (χ0n) is 16.6. The minimum Gasteiger partial charge on any atom is -0.394 e. The van der Waals surface area contributed by atoms with E-state index in [4.69, 9.17) is 5.73 Å². The van der Waals surface area contributed by atoms with Crippen molar-refractivity contribution in [1.82, 2.24) is 4.98 Å². The number of anilines is 4. The number of nitrogen functional groups attached to an aromatic ring is 1.